The minimum absolute atomic E-state index is 0.137. The first-order valence-electron chi connectivity index (χ1n) is 6.83. The summed E-state index contributed by atoms with van der Waals surface area (Å²) < 4.78 is 0. The number of carbonyl (C=O) groups is 1. The fourth-order valence-corrected chi connectivity index (χ4v) is 2.19. The summed E-state index contributed by atoms with van der Waals surface area (Å²) >= 11 is 5.98. The number of carbonyl (C=O) groups excluding carboxylic acids is 1. The van der Waals surface area contributed by atoms with Crippen LogP contribution in [0.4, 0.5) is 5.69 Å². The summed E-state index contributed by atoms with van der Waals surface area (Å²) in [4.78, 5) is 24.6. The molecule has 0 bridgehead atoms. The molecular formula is C15H13ClN6O. The second-order valence-electron chi connectivity index (χ2n) is 4.89. The highest BCUT2D eigenvalue weighted by Crippen LogP contribution is 2.20. The Labute approximate surface area is 137 Å². The van der Waals surface area contributed by atoms with Crippen LogP contribution in [0.2, 0.25) is 5.02 Å². The fourth-order valence-electron chi connectivity index (χ4n) is 2.01. The lowest BCUT2D eigenvalue weighted by Crippen LogP contribution is -2.15. The van der Waals surface area contributed by atoms with Gasteiger partial charge in [0.25, 0.3) is 5.91 Å². The molecule has 0 aliphatic rings. The van der Waals surface area contributed by atoms with E-state index >= 15 is 0 Å². The maximum absolute atomic E-state index is 12.3. The molecule has 2 heterocycles. The summed E-state index contributed by atoms with van der Waals surface area (Å²) in [5.41, 5.74) is 1.53. The molecule has 0 saturated carbocycles. The van der Waals surface area contributed by atoms with Gasteiger partial charge in [-0.3, -0.25) is 9.89 Å². The van der Waals surface area contributed by atoms with Gasteiger partial charge in [0.15, 0.2) is 11.5 Å². The van der Waals surface area contributed by atoms with E-state index in [-0.39, 0.29) is 10.7 Å². The monoisotopic (exact) mass is 328 g/mol. The van der Waals surface area contributed by atoms with Crippen LogP contribution in [0.25, 0.3) is 11.4 Å². The number of nitrogens with one attached hydrogen (secondary N) is 2. The van der Waals surface area contributed by atoms with E-state index in [1.807, 2.05) is 19.1 Å². The van der Waals surface area contributed by atoms with Crippen molar-refractivity contribution in [1.82, 2.24) is 25.1 Å². The number of H-pyrrole nitrogens is 1. The van der Waals surface area contributed by atoms with Gasteiger partial charge >= 0.3 is 0 Å². The zero-order valence-corrected chi connectivity index (χ0v) is 13.2. The van der Waals surface area contributed by atoms with Crippen molar-refractivity contribution in [1.29, 1.82) is 0 Å². The van der Waals surface area contributed by atoms with Gasteiger partial charge in [0.1, 0.15) is 11.6 Å². The van der Waals surface area contributed by atoms with E-state index in [4.69, 9.17) is 11.6 Å². The number of halogens is 1. The predicted octanol–water partition coefficient (Wildman–Crippen LogP) is 2.78. The molecule has 0 spiro atoms. The Balaban J connectivity index is 1.85. The molecule has 0 aliphatic heterocycles. The molecule has 3 rings (SSSR count). The third-order valence-corrected chi connectivity index (χ3v) is 3.33. The molecule has 116 valence electrons. The first-order valence-corrected chi connectivity index (χ1v) is 7.20. The minimum atomic E-state index is -0.399. The number of rotatable bonds is 3. The Morgan fingerprint density at radius 2 is 2.09 bits per heavy atom. The summed E-state index contributed by atoms with van der Waals surface area (Å²) in [5, 5.41) is 9.85. The molecule has 2 aromatic heterocycles. The van der Waals surface area contributed by atoms with Crippen LogP contribution in [0.3, 0.4) is 0 Å². The summed E-state index contributed by atoms with van der Waals surface area (Å²) in [7, 11) is 0. The SMILES string of the molecule is Cc1ncc(Cl)c(C(=O)Nc2cccc(-c3n[nH]c(C)n3)c2)n1. The number of nitrogens with zero attached hydrogens (tertiary/aromatic N) is 4. The molecule has 0 aliphatic carbocycles. The normalized spacial score (nSPS) is 10.6. The van der Waals surface area contributed by atoms with Crippen molar-refractivity contribution in [3.63, 3.8) is 0 Å². The van der Waals surface area contributed by atoms with Crippen LogP contribution in [0, 0.1) is 13.8 Å². The quantitative estimate of drug-likeness (QED) is 0.770. The maximum Gasteiger partial charge on any atom is 0.275 e. The highest BCUT2D eigenvalue weighted by Gasteiger charge is 2.14. The Kier molecular flexibility index (Phi) is 4.03. The van der Waals surface area contributed by atoms with Gasteiger partial charge < -0.3 is 5.32 Å². The second kappa shape index (κ2) is 6.13. The van der Waals surface area contributed by atoms with Crippen LogP contribution in [0.5, 0.6) is 0 Å². The number of hydrogen-bond donors (Lipinski definition) is 2. The number of benzene rings is 1. The molecule has 2 N–H and O–H groups in total. The topological polar surface area (TPSA) is 96.5 Å². The number of aryl methyl sites for hydroxylation is 2. The molecule has 0 fully saturated rings. The third-order valence-electron chi connectivity index (χ3n) is 3.06. The average Bonchev–Trinajstić information content (AvgIpc) is 2.96. The molecule has 0 unspecified atom stereocenters. The first-order chi connectivity index (χ1) is 11.0. The van der Waals surface area contributed by atoms with Crippen LogP contribution in [-0.4, -0.2) is 31.1 Å². The highest BCUT2D eigenvalue weighted by molar-refractivity contribution is 6.33. The second-order valence-corrected chi connectivity index (χ2v) is 5.30. The number of amides is 1. The lowest BCUT2D eigenvalue weighted by Gasteiger charge is -2.07. The molecule has 1 aromatic carbocycles. The molecule has 0 atom stereocenters. The van der Waals surface area contributed by atoms with Crippen molar-refractivity contribution < 1.29 is 4.79 Å². The van der Waals surface area contributed by atoms with Crippen molar-refractivity contribution in [3.8, 4) is 11.4 Å². The van der Waals surface area contributed by atoms with Gasteiger partial charge in [0.05, 0.1) is 11.2 Å². The van der Waals surface area contributed by atoms with Crippen LogP contribution < -0.4 is 5.32 Å². The number of aromatic amines is 1. The average molecular weight is 329 g/mol. The summed E-state index contributed by atoms with van der Waals surface area (Å²) in [6, 6.07) is 7.22. The van der Waals surface area contributed by atoms with Gasteiger partial charge in [-0.1, -0.05) is 23.7 Å². The van der Waals surface area contributed by atoms with Gasteiger partial charge in [-0.25, -0.2) is 15.0 Å². The van der Waals surface area contributed by atoms with E-state index in [0.29, 0.717) is 17.3 Å². The zero-order valence-electron chi connectivity index (χ0n) is 12.5. The summed E-state index contributed by atoms with van der Waals surface area (Å²) in [6.07, 6.45) is 1.41. The molecule has 8 heteroatoms. The van der Waals surface area contributed by atoms with Gasteiger partial charge in [0, 0.05) is 11.3 Å². The number of anilines is 1. The van der Waals surface area contributed by atoms with Crippen LogP contribution in [0.15, 0.2) is 30.5 Å². The Bertz CT molecular complexity index is 876. The largest absolute Gasteiger partial charge is 0.321 e. The van der Waals surface area contributed by atoms with E-state index < -0.39 is 5.91 Å². The van der Waals surface area contributed by atoms with Crippen molar-refractivity contribution in [2.75, 3.05) is 5.32 Å². The number of hydrogen-bond acceptors (Lipinski definition) is 5. The standard InChI is InChI=1S/C15H13ClN6O/c1-8-17-7-12(16)13(18-8)15(23)20-11-5-3-4-10(6-11)14-19-9(2)21-22-14/h3-7H,1-2H3,(H,20,23)(H,19,21,22). The van der Waals surface area contributed by atoms with Crippen molar-refractivity contribution >= 4 is 23.2 Å². The van der Waals surface area contributed by atoms with E-state index in [2.05, 4.69) is 30.5 Å². The highest BCUT2D eigenvalue weighted by atomic mass is 35.5. The van der Waals surface area contributed by atoms with E-state index in [9.17, 15) is 4.79 Å². The van der Waals surface area contributed by atoms with Crippen LogP contribution in [0.1, 0.15) is 22.1 Å². The molecule has 7 nitrogen and oxygen atoms in total. The lowest BCUT2D eigenvalue weighted by molar-refractivity contribution is 0.102. The van der Waals surface area contributed by atoms with E-state index in [0.717, 1.165) is 11.4 Å². The fraction of sp³-hybridized carbons (Fsp3) is 0.133. The van der Waals surface area contributed by atoms with Crippen LogP contribution in [-0.2, 0) is 0 Å². The summed E-state index contributed by atoms with van der Waals surface area (Å²) in [5.74, 6) is 1.36. The van der Waals surface area contributed by atoms with Gasteiger partial charge in [0.2, 0.25) is 0 Å². The molecule has 0 radical (unpaired) electrons. The molecule has 23 heavy (non-hydrogen) atoms. The molecular weight excluding hydrogens is 316 g/mol. The Hall–Kier alpha value is -2.80. The molecule has 1 amide bonds. The van der Waals surface area contributed by atoms with Gasteiger partial charge in [-0.05, 0) is 26.0 Å². The van der Waals surface area contributed by atoms with Gasteiger partial charge in [-0.2, -0.15) is 5.10 Å². The van der Waals surface area contributed by atoms with Crippen LogP contribution >= 0.6 is 11.6 Å². The first kappa shape index (κ1) is 15.1. The zero-order chi connectivity index (χ0) is 16.4. The lowest BCUT2D eigenvalue weighted by atomic mass is 10.2. The van der Waals surface area contributed by atoms with E-state index in [1.165, 1.54) is 6.20 Å². The van der Waals surface area contributed by atoms with Crippen molar-refractivity contribution in [2.24, 2.45) is 0 Å². The molecule has 3 aromatic rings. The minimum Gasteiger partial charge on any atom is -0.321 e. The number of aromatic nitrogens is 5. The Morgan fingerprint density at radius 3 is 2.83 bits per heavy atom. The maximum atomic E-state index is 12.3. The predicted molar refractivity (Wildman–Crippen MR) is 86.3 cm³/mol. The van der Waals surface area contributed by atoms with Gasteiger partial charge in [-0.15, -0.1) is 0 Å². The Morgan fingerprint density at radius 1 is 1.26 bits per heavy atom. The van der Waals surface area contributed by atoms with E-state index in [1.54, 1.807) is 19.1 Å². The third kappa shape index (κ3) is 3.35. The molecule has 0 saturated heterocycles. The smallest absolute Gasteiger partial charge is 0.275 e. The summed E-state index contributed by atoms with van der Waals surface area (Å²) in [6.45, 7) is 3.51. The van der Waals surface area contributed by atoms with Crippen molar-refractivity contribution in [2.45, 2.75) is 13.8 Å². The van der Waals surface area contributed by atoms with Crippen molar-refractivity contribution in [3.05, 3.63) is 52.8 Å².